The highest BCUT2D eigenvalue weighted by atomic mass is 16.4. The largest absolute Gasteiger partial charge is 0.481 e. The third-order valence-corrected chi connectivity index (χ3v) is 3.47. The van der Waals surface area contributed by atoms with Crippen molar-refractivity contribution in [3.05, 3.63) is 0 Å². The summed E-state index contributed by atoms with van der Waals surface area (Å²) in [6.45, 7) is 1.55. The van der Waals surface area contributed by atoms with E-state index in [1.165, 1.54) is 6.42 Å². The minimum Gasteiger partial charge on any atom is -0.481 e. The highest BCUT2D eigenvalue weighted by molar-refractivity contribution is 5.94. The van der Waals surface area contributed by atoms with E-state index in [-0.39, 0.29) is 19.3 Å². The first-order valence-electron chi connectivity index (χ1n) is 6.98. The normalized spacial score (nSPS) is 19.4. The van der Waals surface area contributed by atoms with Crippen LogP contribution in [0.2, 0.25) is 0 Å². The summed E-state index contributed by atoms with van der Waals surface area (Å²) in [6.07, 6.45) is 3.60. The number of hydrogen-bond donors (Lipinski definition) is 3. The number of likely N-dealkylation sites (N-methyl/N-ethyl adjacent to an activating group) is 1. The fourth-order valence-corrected chi connectivity index (χ4v) is 2.25. The highest BCUT2D eigenvalue weighted by Gasteiger charge is 2.19. The smallest absolute Gasteiger partial charge is 0.321 e. The summed E-state index contributed by atoms with van der Waals surface area (Å²) in [5.74, 6) is -1.39. The zero-order valence-corrected chi connectivity index (χ0v) is 11.9. The first-order valence-corrected chi connectivity index (χ1v) is 6.98. The minimum absolute atomic E-state index is 0.0447. The molecule has 0 aromatic carbocycles. The lowest BCUT2D eigenvalue weighted by Gasteiger charge is -2.32. The van der Waals surface area contributed by atoms with Crippen LogP contribution in [0, 0.1) is 0 Å². The van der Waals surface area contributed by atoms with Crippen molar-refractivity contribution < 1.29 is 19.5 Å². The maximum absolute atomic E-state index is 11.5. The second kappa shape index (κ2) is 8.52. The van der Waals surface area contributed by atoms with Gasteiger partial charge in [-0.3, -0.25) is 14.9 Å². The van der Waals surface area contributed by atoms with Crippen molar-refractivity contribution in [2.45, 2.75) is 44.6 Å². The first-order chi connectivity index (χ1) is 9.49. The highest BCUT2D eigenvalue weighted by Crippen LogP contribution is 2.13. The number of hydrogen-bond acceptors (Lipinski definition) is 4. The van der Waals surface area contributed by atoms with Gasteiger partial charge in [-0.15, -0.1) is 0 Å². The lowest BCUT2D eigenvalue weighted by atomic mass is 10.0. The van der Waals surface area contributed by atoms with Gasteiger partial charge in [0.25, 0.3) is 0 Å². The average molecular weight is 285 g/mol. The molecule has 114 valence electrons. The Morgan fingerprint density at radius 2 is 2.00 bits per heavy atom. The van der Waals surface area contributed by atoms with E-state index in [1.54, 1.807) is 0 Å². The number of carboxylic acids is 1. The maximum atomic E-state index is 11.5. The summed E-state index contributed by atoms with van der Waals surface area (Å²) < 4.78 is 0. The number of amides is 3. The van der Waals surface area contributed by atoms with Crippen LogP contribution in [0.3, 0.4) is 0 Å². The molecular weight excluding hydrogens is 262 g/mol. The van der Waals surface area contributed by atoms with Crippen molar-refractivity contribution in [1.29, 1.82) is 0 Å². The first kappa shape index (κ1) is 16.4. The van der Waals surface area contributed by atoms with Crippen LogP contribution < -0.4 is 10.6 Å². The summed E-state index contributed by atoms with van der Waals surface area (Å²) >= 11 is 0. The number of nitrogens with zero attached hydrogens (tertiary/aromatic N) is 1. The summed E-state index contributed by atoms with van der Waals surface area (Å²) in [6, 6.07) is -0.194. The summed E-state index contributed by atoms with van der Waals surface area (Å²) in [5.41, 5.74) is 0. The molecule has 0 radical (unpaired) electrons. The van der Waals surface area contributed by atoms with E-state index < -0.39 is 17.9 Å². The van der Waals surface area contributed by atoms with Crippen molar-refractivity contribution in [3.8, 4) is 0 Å². The molecule has 0 spiro atoms. The van der Waals surface area contributed by atoms with Gasteiger partial charge in [0, 0.05) is 25.4 Å². The van der Waals surface area contributed by atoms with E-state index in [0.717, 1.165) is 19.4 Å². The Bertz CT molecular complexity index is 360. The molecular formula is C13H23N3O4. The van der Waals surface area contributed by atoms with Gasteiger partial charge in [-0.2, -0.15) is 0 Å². The van der Waals surface area contributed by atoms with Crippen LogP contribution >= 0.6 is 0 Å². The number of carbonyl (C=O) groups excluding carboxylic acids is 2. The molecule has 0 aliphatic carbocycles. The van der Waals surface area contributed by atoms with Crippen molar-refractivity contribution >= 4 is 17.9 Å². The van der Waals surface area contributed by atoms with Gasteiger partial charge >= 0.3 is 12.0 Å². The Labute approximate surface area is 118 Å². The number of rotatable bonds is 6. The van der Waals surface area contributed by atoms with E-state index in [9.17, 15) is 14.4 Å². The van der Waals surface area contributed by atoms with Crippen molar-refractivity contribution in [2.24, 2.45) is 0 Å². The van der Waals surface area contributed by atoms with Crippen molar-refractivity contribution in [1.82, 2.24) is 15.5 Å². The third-order valence-electron chi connectivity index (χ3n) is 3.47. The number of carbonyl (C=O) groups is 3. The molecule has 7 nitrogen and oxygen atoms in total. The summed E-state index contributed by atoms with van der Waals surface area (Å²) in [5, 5.41) is 13.3. The zero-order valence-electron chi connectivity index (χ0n) is 11.9. The quantitative estimate of drug-likeness (QED) is 0.662. The standard InChI is InChI=1S/C13H23N3O4/c1-16-8-3-2-5-10(16)9-14-13(20)15-11(17)6-4-7-12(18)19/h10H,2-9H2,1H3,(H,18,19)(H2,14,15,17,20). The molecule has 1 fully saturated rings. The van der Waals surface area contributed by atoms with Crippen LogP contribution in [0.25, 0.3) is 0 Å². The van der Waals surface area contributed by atoms with Gasteiger partial charge in [-0.25, -0.2) is 4.79 Å². The fourth-order valence-electron chi connectivity index (χ4n) is 2.25. The number of nitrogens with one attached hydrogen (secondary N) is 2. The van der Waals surface area contributed by atoms with Crippen LogP contribution in [0.4, 0.5) is 4.79 Å². The molecule has 0 saturated carbocycles. The number of urea groups is 1. The number of piperidine rings is 1. The molecule has 1 aliphatic rings. The fraction of sp³-hybridized carbons (Fsp3) is 0.769. The molecule has 20 heavy (non-hydrogen) atoms. The van der Waals surface area contributed by atoms with Gasteiger partial charge in [0.2, 0.25) is 5.91 Å². The summed E-state index contributed by atoms with van der Waals surface area (Å²) in [7, 11) is 2.03. The second-order valence-electron chi connectivity index (χ2n) is 5.14. The van der Waals surface area contributed by atoms with Gasteiger partial charge in [0.05, 0.1) is 0 Å². The van der Waals surface area contributed by atoms with E-state index in [1.807, 2.05) is 7.05 Å². The van der Waals surface area contributed by atoms with Crippen molar-refractivity contribution in [2.75, 3.05) is 20.1 Å². The van der Waals surface area contributed by atoms with E-state index in [2.05, 4.69) is 15.5 Å². The monoisotopic (exact) mass is 285 g/mol. The predicted molar refractivity (Wildman–Crippen MR) is 73.3 cm³/mol. The number of carboxylic acid groups (broad SMARTS) is 1. The van der Waals surface area contributed by atoms with E-state index >= 15 is 0 Å². The Morgan fingerprint density at radius 1 is 1.25 bits per heavy atom. The van der Waals surface area contributed by atoms with Gasteiger partial charge in [0.1, 0.15) is 0 Å². The number of likely N-dealkylation sites (tertiary alicyclic amines) is 1. The molecule has 0 aromatic rings. The third kappa shape index (κ3) is 6.51. The molecule has 1 unspecified atom stereocenters. The van der Waals surface area contributed by atoms with Crippen molar-refractivity contribution in [3.63, 3.8) is 0 Å². The molecule has 7 heteroatoms. The number of imide groups is 1. The Balaban J connectivity index is 2.15. The Morgan fingerprint density at radius 3 is 2.65 bits per heavy atom. The van der Waals surface area contributed by atoms with Crippen LogP contribution in [-0.4, -0.2) is 54.1 Å². The molecule has 1 aliphatic heterocycles. The number of aliphatic carboxylic acids is 1. The van der Waals surface area contributed by atoms with Crippen LogP contribution in [0.15, 0.2) is 0 Å². The maximum Gasteiger partial charge on any atom is 0.321 e. The molecule has 1 rings (SSSR count). The van der Waals surface area contributed by atoms with Crippen LogP contribution in [0.5, 0.6) is 0 Å². The molecule has 1 atom stereocenters. The van der Waals surface area contributed by atoms with Crippen LogP contribution in [0.1, 0.15) is 38.5 Å². The molecule has 3 N–H and O–H groups in total. The van der Waals surface area contributed by atoms with Crippen LogP contribution in [-0.2, 0) is 9.59 Å². The lowest BCUT2D eigenvalue weighted by Crippen LogP contribution is -2.48. The Hall–Kier alpha value is -1.63. The zero-order chi connectivity index (χ0) is 15.0. The molecule has 1 saturated heterocycles. The summed E-state index contributed by atoms with van der Waals surface area (Å²) in [4.78, 5) is 35.4. The molecule has 3 amide bonds. The van der Waals surface area contributed by atoms with E-state index in [4.69, 9.17) is 5.11 Å². The second-order valence-corrected chi connectivity index (χ2v) is 5.14. The topological polar surface area (TPSA) is 98.7 Å². The molecule has 1 heterocycles. The minimum atomic E-state index is -0.942. The van der Waals surface area contributed by atoms with E-state index in [0.29, 0.717) is 12.6 Å². The predicted octanol–water partition coefficient (Wildman–Crippen LogP) is 0.551. The molecule has 0 aromatic heterocycles. The Kier molecular flexibility index (Phi) is 7.00. The van der Waals surface area contributed by atoms with Gasteiger partial charge in [-0.1, -0.05) is 6.42 Å². The van der Waals surface area contributed by atoms with Gasteiger partial charge < -0.3 is 15.3 Å². The van der Waals surface area contributed by atoms with Gasteiger partial charge in [0.15, 0.2) is 0 Å². The average Bonchev–Trinajstić information content (AvgIpc) is 2.37. The lowest BCUT2D eigenvalue weighted by molar-refractivity contribution is -0.137. The SMILES string of the molecule is CN1CCCCC1CNC(=O)NC(=O)CCCC(=O)O. The molecule has 0 bridgehead atoms. The van der Waals surface area contributed by atoms with Gasteiger partial charge in [-0.05, 0) is 32.9 Å².